The monoisotopic (exact) mass is 389 g/mol. The molecule has 1 amide bonds. The van der Waals surface area contributed by atoms with Crippen molar-refractivity contribution in [3.63, 3.8) is 0 Å². The Morgan fingerprint density at radius 1 is 1.33 bits per heavy atom. The molecule has 1 heterocycles. The number of hydrogen-bond donors (Lipinski definition) is 0. The molecule has 0 aliphatic carbocycles. The van der Waals surface area contributed by atoms with Gasteiger partial charge in [-0.15, -0.1) is 0 Å². The average molecular weight is 390 g/mol. The average Bonchev–Trinajstić information content (AvgIpc) is 2.90. The van der Waals surface area contributed by atoms with Crippen LogP contribution in [0.1, 0.15) is 30.7 Å². The predicted octanol–water partition coefficient (Wildman–Crippen LogP) is 4.19. The molecule has 1 aromatic heterocycles. The van der Waals surface area contributed by atoms with Crippen LogP contribution in [-0.2, 0) is 22.6 Å². The predicted molar refractivity (Wildman–Crippen MR) is 110 cm³/mol. The summed E-state index contributed by atoms with van der Waals surface area (Å²) in [5, 5.41) is 5.05. The van der Waals surface area contributed by atoms with Gasteiger partial charge >= 0.3 is 0 Å². The first-order chi connectivity index (χ1) is 12.9. The van der Waals surface area contributed by atoms with Crippen LogP contribution in [0.25, 0.3) is 6.08 Å². The molecule has 0 aliphatic rings. The number of methoxy groups -OCH3 is 1. The van der Waals surface area contributed by atoms with E-state index in [0.29, 0.717) is 30.8 Å². The molecule has 1 aromatic carbocycles. The number of benzene rings is 1. The van der Waals surface area contributed by atoms with E-state index in [9.17, 15) is 4.79 Å². The Morgan fingerprint density at radius 2 is 2.04 bits per heavy atom. The zero-order chi connectivity index (χ0) is 19.8. The molecule has 5 nitrogen and oxygen atoms in total. The number of carbonyl (C=O) groups is 1. The lowest BCUT2D eigenvalue weighted by atomic mass is 10.2. The summed E-state index contributed by atoms with van der Waals surface area (Å²) in [5.41, 5.74) is 2.68. The van der Waals surface area contributed by atoms with Crippen LogP contribution in [-0.4, -0.2) is 40.8 Å². The topological polar surface area (TPSA) is 47.4 Å². The van der Waals surface area contributed by atoms with Crippen molar-refractivity contribution in [3.05, 3.63) is 58.4 Å². The third-order valence-electron chi connectivity index (χ3n) is 4.13. The second kappa shape index (κ2) is 10.3. The van der Waals surface area contributed by atoms with E-state index in [1.54, 1.807) is 28.8 Å². The summed E-state index contributed by atoms with van der Waals surface area (Å²) in [6, 6.07) is 9.92. The third-order valence-corrected chi connectivity index (χ3v) is 4.53. The van der Waals surface area contributed by atoms with Gasteiger partial charge in [0.25, 0.3) is 0 Å². The lowest BCUT2D eigenvalue weighted by Gasteiger charge is -2.21. The Labute approximate surface area is 166 Å². The Hall–Kier alpha value is -2.11. The quantitative estimate of drug-likeness (QED) is 0.604. The fraction of sp³-hybridized carbons (Fsp3) is 0.429. The van der Waals surface area contributed by atoms with Gasteiger partial charge in [0.2, 0.25) is 5.91 Å². The number of aryl methyl sites for hydroxylation is 1. The summed E-state index contributed by atoms with van der Waals surface area (Å²) in [6.45, 7) is 8.42. The van der Waals surface area contributed by atoms with Crippen molar-refractivity contribution >= 4 is 23.6 Å². The summed E-state index contributed by atoms with van der Waals surface area (Å²) in [7, 11) is 1.63. The molecule has 0 N–H and O–H groups in total. The number of ether oxygens (including phenoxy) is 1. The van der Waals surface area contributed by atoms with Crippen molar-refractivity contribution in [3.8, 4) is 0 Å². The highest BCUT2D eigenvalue weighted by molar-refractivity contribution is 6.31. The molecule has 27 heavy (non-hydrogen) atoms. The van der Waals surface area contributed by atoms with Crippen LogP contribution in [0.2, 0.25) is 5.15 Å². The number of halogens is 1. The molecule has 0 unspecified atom stereocenters. The van der Waals surface area contributed by atoms with Gasteiger partial charge in [-0.3, -0.25) is 9.48 Å². The molecule has 2 rings (SSSR count). The van der Waals surface area contributed by atoms with Gasteiger partial charge < -0.3 is 9.64 Å². The molecule has 146 valence electrons. The van der Waals surface area contributed by atoms with Crippen molar-refractivity contribution in [2.75, 3.05) is 20.3 Å². The molecule has 0 aliphatic heterocycles. The van der Waals surface area contributed by atoms with E-state index in [1.807, 2.05) is 37.3 Å². The maximum atomic E-state index is 12.7. The van der Waals surface area contributed by atoms with E-state index in [0.717, 1.165) is 23.4 Å². The first kappa shape index (κ1) is 21.2. The zero-order valence-corrected chi connectivity index (χ0v) is 17.2. The number of carbonyl (C=O) groups excluding carboxylic acids is 1. The highest BCUT2D eigenvalue weighted by Crippen LogP contribution is 2.22. The highest BCUT2D eigenvalue weighted by Gasteiger charge is 2.14. The van der Waals surface area contributed by atoms with Crippen molar-refractivity contribution in [1.82, 2.24) is 14.7 Å². The standard InChI is InChI=1S/C21H28ClN3O2/c1-16(2)14-25-21(22)19(17(3)23-25)10-11-20(26)24(12-13-27-4)15-18-8-6-5-7-9-18/h5-11,16H,12-15H2,1-4H3/b11-10+. The molecule has 0 saturated carbocycles. The van der Waals surface area contributed by atoms with Gasteiger partial charge in [0.05, 0.1) is 12.3 Å². The normalized spacial score (nSPS) is 11.5. The SMILES string of the molecule is COCCN(Cc1ccccc1)C(=O)/C=C/c1c(C)nn(CC(C)C)c1Cl. The fourth-order valence-corrected chi connectivity index (χ4v) is 3.06. The summed E-state index contributed by atoms with van der Waals surface area (Å²) in [5.74, 6) is 0.360. The molecule has 0 saturated heterocycles. The Kier molecular flexibility index (Phi) is 8.07. The van der Waals surface area contributed by atoms with Crippen LogP contribution in [0.15, 0.2) is 36.4 Å². The van der Waals surface area contributed by atoms with Crippen LogP contribution in [0, 0.1) is 12.8 Å². The first-order valence-corrected chi connectivity index (χ1v) is 9.53. The second-order valence-electron chi connectivity index (χ2n) is 6.94. The number of aromatic nitrogens is 2. The molecule has 0 atom stereocenters. The summed E-state index contributed by atoms with van der Waals surface area (Å²) in [4.78, 5) is 14.5. The molecule has 2 aromatic rings. The van der Waals surface area contributed by atoms with Crippen LogP contribution in [0.5, 0.6) is 0 Å². The maximum Gasteiger partial charge on any atom is 0.246 e. The van der Waals surface area contributed by atoms with Crippen LogP contribution >= 0.6 is 11.6 Å². The second-order valence-corrected chi connectivity index (χ2v) is 7.30. The minimum atomic E-state index is -0.0806. The summed E-state index contributed by atoms with van der Waals surface area (Å²) >= 11 is 6.45. The minimum absolute atomic E-state index is 0.0806. The zero-order valence-electron chi connectivity index (χ0n) is 16.5. The van der Waals surface area contributed by atoms with Crippen LogP contribution < -0.4 is 0 Å². The van der Waals surface area contributed by atoms with E-state index < -0.39 is 0 Å². The Morgan fingerprint density at radius 3 is 2.67 bits per heavy atom. The highest BCUT2D eigenvalue weighted by atomic mass is 35.5. The van der Waals surface area contributed by atoms with Gasteiger partial charge in [-0.2, -0.15) is 5.10 Å². The number of rotatable bonds is 9. The maximum absolute atomic E-state index is 12.7. The largest absolute Gasteiger partial charge is 0.383 e. The van der Waals surface area contributed by atoms with Gasteiger partial charge in [-0.05, 0) is 24.5 Å². The molecule has 0 fully saturated rings. The lowest BCUT2D eigenvalue weighted by molar-refractivity contribution is -0.127. The molecular formula is C21H28ClN3O2. The van der Waals surface area contributed by atoms with E-state index in [4.69, 9.17) is 16.3 Å². The van der Waals surface area contributed by atoms with E-state index in [-0.39, 0.29) is 5.91 Å². The van der Waals surface area contributed by atoms with Crippen LogP contribution in [0.3, 0.4) is 0 Å². The van der Waals surface area contributed by atoms with Gasteiger partial charge in [-0.25, -0.2) is 0 Å². The first-order valence-electron chi connectivity index (χ1n) is 9.15. The van der Waals surface area contributed by atoms with Crippen molar-refractivity contribution in [1.29, 1.82) is 0 Å². The minimum Gasteiger partial charge on any atom is -0.383 e. The van der Waals surface area contributed by atoms with Gasteiger partial charge in [-0.1, -0.05) is 55.8 Å². The Balaban J connectivity index is 2.15. The summed E-state index contributed by atoms with van der Waals surface area (Å²) < 4.78 is 6.94. The number of hydrogen-bond acceptors (Lipinski definition) is 3. The molecule has 0 spiro atoms. The van der Waals surface area contributed by atoms with Crippen molar-refractivity contribution < 1.29 is 9.53 Å². The molecule has 0 bridgehead atoms. The Bertz CT molecular complexity index is 769. The van der Waals surface area contributed by atoms with E-state index in [1.165, 1.54) is 0 Å². The third kappa shape index (κ3) is 6.22. The lowest BCUT2D eigenvalue weighted by Crippen LogP contribution is -2.32. The van der Waals surface area contributed by atoms with Crippen LogP contribution in [0.4, 0.5) is 0 Å². The fourth-order valence-electron chi connectivity index (χ4n) is 2.76. The smallest absolute Gasteiger partial charge is 0.246 e. The molecule has 0 radical (unpaired) electrons. The van der Waals surface area contributed by atoms with E-state index >= 15 is 0 Å². The van der Waals surface area contributed by atoms with Crippen molar-refractivity contribution in [2.24, 2.45) is 5.92 Å². The van der Waals surface area contributed by atoms with Gasteiger partial charge in [0.15, 0.2) is 0 Å². The number of nitrogens with zero attached hydrogens (tertiary/aromatic N) is 3. The van der Waals surface area contributed by atoms with Gasteiger partial charge in [0.1, 0.15) is 5.15 Å². The molecule has 6 heteroatoms. The summed E-state index contributed by atoms with van der Waals surface area (Å²) in [6.07, 6.45) is 3.32. The number of amides is 1. The van der Waals surface area contributed by atoms with E-state index in [2.05, 4.69) is 18.9 Å². The van der Waals surface area contributed by atoms with Gasteiger partial charge in [0, 0.05) is 38.4 Å². The molecular weight excluding hydrogens is 362 g/mol. The van der Waals surface area contributed by atoms with Crippen molar-refractivity contribution in [2.45, 2.75) is 33.9 Å².